The number of nitrogens with zero attached hydrogens (tertiary/aromatic N) is 3. The first-order chi connectivity index (χ1) is 9.86. The normalized spacial score (nSPS) is 14.9. The van der Waals surface area contributed by atoms with Crippen LogP contribution in [0, 0.1) is 0 Å². The van der Waals surface area contributed by atoms with E-state index in [4.69, 9.17) is 10.3 Å². The van der Waals surface area contributed by atoms with Gasteiger partial charge in [-0.2, -0.15) is 4.98 Å². The highest BCUT2D eigenvalue weighted by Gasteiger charge is 2.24. The number of hydrogen-bond acceptors (Lipinski definition) is 5. The lowest BCUT2D eigenvalue weighted by atomic mass is 10.1. The van der Waals surface area contributed by atoms with Crippen LogP contribution in [0.25, 0.3) is 0 Å². The summed E-state index contributed by atoms with van der Waals surface area (Å²) in [7, 11) is 0. The number of rotatable bonds is 5. The van der Waals surface area contributed by atoms with Crippen LogP contribution in [0.5, 0.6) is 0 Å². The maximum atomic E-state index is 5.52. The van der Waals surface area contributed by atoms with Crippen molar-refractivity contribution in [2.24, 2.45) is 5.73 Å². The third kappa shape index (κ3) is 3.74. The van der Waals surface area contributed by atoms with Crippen molar-refractivity contribution < 1.29 is 4.52 Å². The largest absolute Gasteiger partial charge is 0.361 e. The molecule has 0 amide bonds. The van der Waals surface area contributed by atoms with Crippen LogP contribution in [0.4, 0.5) is 5.69 Å². The van der Waals surface area contributed by atoms with Crippen molar-refractivity contribution in [1.82, 2.24) is 10.1 Å². The highest BCUT2D eigenvalue weighted by molar-refractivity contribution is 5.85. The van der Waals surface area contributed by atoms with Crippen molar-refractivity contribution in [2.75, 3.05) is 4.90 Å². The van der Waals surface area contributed by atoms with Gasteiger partial charge >= 0.3 is 0 Å². The van der Waals surface area contributed by atoms with Crippen molar-refractivity contribution in [1.29, 1.82) is 0 Å². The first kappa shape index (κ1) is 15.8. The van der Waals surface area contributed by atoms with Gasteiger partial charge in [0, 0.05) is 11.7 Å². The number of para-hydroxylation sites is 1. The number of halogens is 1. The molecular weight excluding hydrogens is 288 g/mol. The molecule has 0 aliphatic heterocycles. The minimum absolute atomic E-state index is 0. The molecule has 21 heavy (non-hydrogen) atoms. The Morgan fingerprint density at radius 3 is 2.52 bits per heavy atom. The van der Waals surface area contributed by atoms with Gasteiger partial charge in [-0.3, -0.25) is 0 Å². The molecule has 1 aromatic carbocycles. The van der Waals surface area contributed by atoms with Gasteiger partial charge in [0.2, 0.25) is 5.89 Å². The standard InChI is InChI=1S/C15H20N4O.ClH/c16-10-15-17-14(18-20-15)11-19(13-8-4-5-9-13)12-6-2-1-3-7-12;/h1-3,6-7,13H,4-5,8-11,16H2;1H. The van der Waals surface area contributed by atoms with Gasteiger partial charge in [0.15, 0.2) is 5.82 Å². The summed E-state index contributed by atoms with van der Waals surface area (Å²) in [5, 5.41) is 4.02. The van der Waals surface area contributed by atoms with Crippen molar-refractivity contribution in [3.8, 4) is 0 Å². The van der Waals surface area contributed by atoms with Crippen LogP contribution in [-0.4, -0.2) is 16.2 Å². The summed E-state index contributed by atoms with van der Waals surface area (Å²) in [6.45, 7) is 0.972. The predicted octanol–water partition coefficient (Wildman–Crippen LogP) is 2.90. The van der Waals surface area contributed by atoms with Crippen LogP contribution in [0.3, 0.4) is 0 Å². The Bertz CT molecular complexity index is 540. The smallest absolute Gasteiger partial charge is 0.240 e. The highest BCUT2D eigenvalue weighted by atomic mass is 35.5. The molecule has 0 bridgehead atoms. The Labute approximate surface area is 130 Å². The van der Waals surface area contributed by atoms with E-state index in [0.29, 0.717) is 30.8 Å². The Kier molecular flexibility index (Phi) is 5.59. The zero-order valence-corrected chi connectivity index (χ0v) is 12.8. The van der Waals surface area contributed by atoms with E-state index in [1.807, 2.05) is 6.07 Å². The summed E-state index contributed by atoms with van der Waals surface area (Å²) >= 11 is 0. The SMILES string of the molecule is Cl.NCc1nc(CN(c2ccccc2)C2CCCC2)no1. The molecule has 5 nitrogen and oxygen atoms in total. The summed E-state index contributed by atoms with van der Waals surface area (Å²) < 4.78 is 5.10. The molecule has 1 heterocycles. The topological polar surface area (TPSA) is 68.2 Å². The molecule has 1 fully saturated rings. The molecule has 0 saturated heterocycles. The highest BCUT2D eigenvalue weighted by Crippen LogP contribution is 2.29. The number of aromatic nitrogens is 2. The molecule has 1 saturated carbocycles. The second-order valence-electron chi connectivity index (χ2n) is 5.21. The molecule has 6 heteroatoms. The molecule has 0 unspecified atom stereocenters. The summed E-state index contributed by atoms with van der Waals surface area (Å²) in [5.74, 6) is 1.21. The fourth-order valence-electron chi connectivity index (χ4n) is 2.86. The Morgan fingerprint density at radius 1 is 1.19 bits per heavy atom. The molecule has 0 radical (unpaired) electrons. The Hall–Kier alpha value is -1.59. The van der Waals surface area contributed by atoms with Crippen LogP contribution in [-0.2, 0) is 13.1 Å². The van der Waals surface area contributed by atoms with E-state index in [0.717, 1.165) is 0 Å². The van der Waals surface area contributed by atoms with Crippen LogP contribution in [0.1, 0.15) is 37.4 Å². The first-order valence-electron chi connectivity index (χ1n) is 7.20. The van der Waals surface area contributed by atoms with Crippen LogP contribution in [0.2, 0.25) is 0 Å². The van der Waals surface area contributed by atoms with Gasteiger partial charge in [-0.15, -0.1) is 12.4 Å². The maximum Gasteiger partial charge on any atom is 0.240 e. The maximum absolute atomic E-state index is 5.52. The van der Waals surface area contributed by atoms with Crippen LogP contribution in [0.15, 0.2) is 34.9 Å². The zero-order chi connectivity index (χ0) is 13.8. The van der Waals surface area contributed by atoms with E-state index in [2.05, 4.69) is 39.3 Å². The third-order valence-electron chi connectivity index (χ3n) is 3.85. The summed E-state index contributed by atoms with van der Waals surface area (Å²) in [6.07, 6.45) is 5.07. The zero-order valence-electron chi connectivity index (χ0n) is 11.9. The van der Waals surface area contributed by atoms with Crippen molar-refractivity contribution >= 4 is 18.1 Å². The Morgan fingerprint density at radius 2 is 1.90 bits per heavy atom. The lowest BCUT2D eigenvalue weighted by molar-refractivity contribution is 0.373. The molecule has 3 rings (SSSR count). The lowest BCUT2D eigenvalue weighted by Gasteiger charge is -2.30. The van der Waals surface area contributed by atoms with E-state index < -0.39 is 0 Å². The number of benzene rings is 1. The monoisotopic (exact) mass is 308 g/mol. The average molecular weight is 309 g/mol. The summed E-state index contributed by atoms with van der Waals surface area (Å²) in [6, 6.07) is 11.0. The second kappa shape index (κ2) is 7.43. The minimum Gasteiger partial charge on any atom is -0.361 e. The number of nitrogens with two attached hydrogens (primary N) is 1. The molecule has 1 aliphatic rings. The molecular formula is C15H21ClN4O. The molecule has 0 atom stereocenters. The lowest BCUT2D eigenvalue weighted by Crippen LogP contribution is -2.33. The molecule has 2 N–H and O–H groups in total. The van der Waals surface area contributed by atoms with E-state index in [9.17, 15) is 0 Å². The van der Waals surface area contributed by atoms with Gasteiger partial charge in [0.05, 0.1) is 13.1 Å². The van der Waals surface area contributed by atoms with Crippen molar-refractivity contribution in [3.63, 3.8) is 0 Å². The van der Waals surface area contributed by atoms with Crippen molar-refractivity contribution in [2.45, 2.75) is 44.8 Å². The molecule has 1 aromatic heterocycles. The second-order valence-corrected chi connectivity index (χ2v) is 5.21. The van der Waals surface area contributed by atoms with Gasteiger partial charge in [0.1, 0.15) is 0 Å². The van der Waals surface area contributed by atoms with E-state index in [1.54, 1.807) is 0 Å². The fourth-order valence-corrected chi connectivity index (χ4v) is 2.86. The summed E-state index contributed by atoms with van der Waals surface area (Å²) in [4.78, 5) is 6.71. The quantitative estimate of drug-likeness (QED) is 0.920. The summed E-state index contributed by atoms with van der Waals surface area (Å²) in [5.41, 5.74) is 6.74. The average Bonchev–Trinajstić information content (AvgIpc) is 3.17. The number of anilines is 1. The molecule has 2 aromatic rings. The van der Waals surface area contributed by atoms with Gasteiger partial charge in [0.25, 0.3) is 0 Å². The molecule has 114 valence electrons. The van der Waals surface area contributed by atoms with Gasteiger partial charge < -0.3 is 15.2 Å². The van der Waals surface area contributed by atoms with Gasteiger partial charge in [-0.25, -0.2) is 0 Å². The fraction of sp³-hybridized carbons (Fsp3) is 0.467. The molecule has 1 aliphatic carbocycles. The van der Waals surface area contributed by atoms with E-state index in [-0.39, 0.29) is 12.4 Å². The third-order valence-corrected chi connectivity index (χ3v) is 3.85. The van der Waals surface area contributed by atoms with E-state index >= 15 is 0 Å². The minimum atomic E-state index is 0. The van der Waals surface area contributed by atoms with Crippen LogP contribution >= 0.6 is 12.4 Å². The van der Waals surface area contributed by atoms with Gasteiger partial charge in [-0.05, 0) is 25.0 Å². The van der Waals surface area contributed by atoms with Crippen molar-refractivity contribution in [3.05, 3.63) is 42.0 Å². The number of hydrogen-bond donors (Lipinski definition) is 1. The first-order valence-corrected chi connectivity index (χ1v) is 7.20. The molecule has 0 spiro atoms. The Balaban J connectivity index is 0.00000161. The van der Waals surface area contributed by atoms with Crippen LogP contribution < -0.4 is 10.6 Å². The predicted molar refractivity (Wildman–Crippen MR) is 84.3 cm³/mol. The van der Waals surface area contributed by atoms with E-state index in [1.165, 1.54) is 31.4 Å². The van der Waals surface area contributed by atoms with Gasteiger partial charge in [-0.1, -0.05) is 36.2 Å².